The summed E-state index contributed by atoms with van der Waals surface area (Å²) in [6, 6.07) is 12.7. The first-order valence-corrected chi connectivity index (χ1v) is 5.13. The third-order valence-corrected chi connectivity index (χ3v) is 2.60. The van der Waals surface area contributed by atoms with E-state index in [0.717, 1.165) is 0 Å². The Bertz CT molecular complexity index is 603. The molecule has 0 radical (unpaired) electrons. The Balaban J connectivity index is 3.05. The molecule has 0 fully saturated rings. The van der Waals surface area contributed by atoms with Crippen molar-refractivity contribution >= 4 is 22.9 Å². The SMILES string of the molecule is C=C/C=c1\c(=C/C)ccc2ccccc12. The molecule has 0 amide bonds. The second-order valence-corrected chi connectivity index (χ2v) is 3.48. The molecular weight excluding hydrogens is 180 g/mol. The van der Waals surface area contributed by atoms with Crippen molar-refractivity contribution < 1.29 is 0 Å². The molecule has 15 heavy (non-hydrogen) atoms. The molecular formula is C15H14. The highest BCUT2D eigenvalue weighted by atomic mass is 14.0. The van der Waals surface area contributed by atoms with Gasteiger partial charge in [-0.05, 0) is 28.1 Å². The number of benzene rings is 2. The molecule has 0 spiro atoms. The minimum atomic E-state index is 1.26. The van der Waals surface area contributed by atoms with Crippen LogP contribution in [-0.2, 0) is 0 Å². The summed E-state index contributed by atoms with van der Waals surface area (Å²) in [4.78, 5) is 0. The molecule has 0 atom stereocenters. The summed E-state index contributed by atoms with van der Waals surface area (Å²) in [5, 5.41) is 5.07. The minimum absolute atomic E-state index is 1.26. The first-order chi connectivity index (χ1) is 7.36. The molecule has 2 aromatic carbocycles. The van der Waals surface area contributed by atoms with Gasteiger partial charge in [-0.2, -0.15) is 0 Å². The van der Waals surface area contributed by atoms with Crippen molar-refractivity contribution in [2.45, 2.75) is 6.92 Å². The minimum Gasteiger partial charge on any atom is -0.0990 e. The predicted octanol–water partition coefficient (Wildman–Crippen LogP) is 2.61. The molecule has 0 saturated heterocycles. The van der Waals surface area contributed by atoms with Crippen LogP contribution in [0.25, 0.3) is 22.9 Å². The Hall–Kier alpha value is -1.82. The third-order valence-electron chi connectivity index (χ3n) is 2.60. The van der Waals surface area contributed by atoms with E-state index in [1.54, 1.807) is 0 Å². The molecule has 0 N–H and O–H groups in total. The summed E-state index contributed by atoms with van der Waals surface area (Å²) in [5.74, 6) is 0. The highest BCUT2D eigenvalue weighted by Gasteiger charge is 1.93. The van der Waals surface area contributed by atoms with E-state index in [4.69, 9.17) is 0 Å². The Morgan fingerprint density at radius 3 is 2.60 bits per heavy atom. The fourth-order valence-electron chi connectivity index (χ4n) is 1.87. The van der Waals surface area contributed by atoms with E-state index in [9.17, 15) is 0 Å². The van der Waals surface area contributed by atoms with Gasteiger partial charge in [0, 0.05) is 0 Å². The van der Waals surface area contributed by atoms with Gasteiger partial charge >= 0.3 is 0 Å². The van der Waals surface area contributed by atoms with Crippen LogP contribution in [0.3, 0.4) is 0 Å². The number of fused-ring (bicyclic) bond motifs is 1. The van der Waals surface area contributed by atoms with Crippen molar-refractivity contribution in [3.63, 3.8) is 0 Å². The quantitative estimate of drug-likeness (QED) is 0.654. The second kappa shape index (κ2) is 4.14. The molecule has 0 heterocycles. The predicted molar refractivity (Wildman–Crippen MR) is 68.0 cm³/mol. The van der Waals surface area contributed by atoms with E-state index in [-0.39, 0.29) is 0 Å². The van der Waals surface area contributed by atoms with Crippen molar-refractivity contribution in [3.05, 3.63) is 59.5 Å². The normalized spacial score (nSPS) is 13.4. The summed E-state index contributed by atoms with van der Waals surface area (Å²) in [7, 11) is 0. The van der Waals surface area contributed by atoms with Crippen LogP contribution in [0, 0.1) is 0 Å². The van der Waals surface area contributed by atoms with Crippen LogP contribution in [0.2, 0.25) is 0 Å². The van der Waals surface area contributed by atoms with E-state index in [2.05, 4.69) is 62.1 Å². The molecule has 0 aliphatic rings. The first-order valence-electron chi connectivity index (χ1n) is 5.13. The zero-order valence-electron chi connectivity index (χ0n) is 8.90. The average molecular weight is 194 g/mol. The van der Waals surface area contributed by atoms with Gasteiger partial charge in [-0.1, -0.05) is 61.2 Å². The van der Waals surface area contributed by atoms with Gasteiger partial charge in [0.05, 0.1) is 0 Å². The van der Waals surface area contributed by atoms with Crippen LogP contribution in [0.1, 0.15) is 6.92 Å². The summed E-state index contributed by atoms with van der Waals surface area (Å²) in [6.07, 6.45) is 6.04. The first kappa shape index (κ1) is 9.72. The molecule has 0 aromatic heterocycles. The fraction of sp³-hybridized carbons (Fsp3) is 0.0667. The van der Waals surface area contributed by atoms with Gasteiger partial charge < -0.3 is 0 Å². The number of hydrogen-bond acceptors (Lipinski definition) is 0. The number of rotatable bonds is 1. The van der Waals surface area contributed by atoms with Gasteiger partial charge in [0.25, 0.3) is 0 Å². The maximum absolute atomic E-state index is 3.77. The van der Waals surface area contributed by atoms with Gasteiger partial charge in [-0.15, -0.1) is 0 Å². The van der Waals surface area contributed by atoms with Crippen molar-refractivity contribution in [2.75, 3.05) is 0 Å². The van der Waals surface area contributed by atoms with Crippen LogP contribution in [0.15, 0.2) is 49.1 Å². The molecule has 0 nitrogen and oxygen atoms in total. The van der Waals surface area contributed by atoms with Gasteiger partial charge in [0.2, 0.25) is 0 Å². The summed E-state index contributed by atoms with van der Waals surface area (Å²) in [5.41, 5.74) is 0. The van der Waals surface area contributed by atoms with Crippen LogP contribution >= 0.6 is 0 Å². The Morgan fingerprint density at radius 1 is 1.07 bits per heavy atom. The summed E-state index contributed by atoms with van der Waals surface area (Å²) < 4.78 is 0. The lowest BCUT2D eigenvalue weighted by Crippen LogP contribution is -2.24. The molecule has 0 aliphatic carbocycles. The Kier molecular flexibility index (Phi) is 2.68. The van der Waals surface area contributed by atoms with Crippen molar-refractivity contribution in [2.24, 2.45) is 0 Å². The lowest BCUT2D eigenvalue weighted by molar-refractivity contribution is 1.56. The largest absolute Gasteiger partial charge is 0.0990 e. The second-order valence-electron chi connectivity index (χ2n) is 3.48. The topological polar surface area (TPSA) is 0 Å². The zero-order valence-corrected chi connectivity index (χ0v) is 8.90. The lowest BCUT2D eigenvalue weighted by Gasteiger charge is -1.98. The Morgan fingerprint density at radius 2 is 1.87 bits per heavy atom. The summed E-state index contributed by atoms with van der Waals surface area (Å²) in [6.45, 7) is 5.83. The lowest BCUT2D eigenvalue weighted by atomic mass is 10.1. The molecule has 0 bridgehead atoms. The highest BCUT2D eigenvalue weighted by Crippen LogP contribution is 2.06. The highest BCUT2D eigenvalue weighted by molar-refractivity contribution is 5.84. The third kappa shape index (κ3) is 1.71. The van der Waals surface area contributed by atoms with Crippen LogP contribution in [0.4, 0.5) is 0 Å². The molecule has 0 aliphatic heterocycles. The van der Waals surface area contributed by atoms with Crippen LogP contribution in [0.5, 0.6) is 0 Å². The van der Waals surface area contributed by atoms with Crippen molar-refractivity contribution in [3.8, 4) is 0 Å². The fourth-order valence-corrected chi connectivity index (χ4v) is 1.87. The van der Waals surface area contributed by atoms with Crippen molar-refractivity contribution in [1.29, 1.82) is 0 Å². The van der Waals surface area contributed by atoms with Gasteiger partial charge in [-0.3, -0.25) is 0 Å². The van der Waals surface area contributed by atoms with Crippen molar-refractivity contribution in [1.82, 2.24) is 0 Å². The molecule has 0 unspecified atom stereocenters. The van der Waals surface area contributed by atoms with E-state index < -0.39 is 0 Å². The monoisotopic (exact) mass is 194 g/mol. The van der Waals surface area contributed by atoms with E-state index in [0.29, 0.717) is 0 Å². The molecule has 0 saturated carbocycles. The zero-order chi connectivity index (χ0) is 10.7. The average Bonchev–Trinajstić information content (AvgIpc) is 2.30. The van der Waals surface area contributed by atoms with Crippen LogP contribution < -0.4 is 10.4 Å². The molecule has 2 aromatic rings. The van der Waals surface area contributed by atoms with E-state index in [1.807, 2.05) is 6.08 Å². The molecule has 2 rings (SSSR count). The molecule has 74 valence electrons. The van der Waals surface area contributed by atoms with Gasteiger partial charge in [-0.25, -0.2) is 0 Å². The van der Waals surface area contributed by atoms with E-state index in [1.165, 1.54) is 21.2 Å². The maximum Gasteiger partial charge on any atom is -0.0106 e. The number of hydrogen-bond donors (Lipinski definition) is 0. The van der Waals surface area contributed by atoms with E-state index >= 15 is 0 Å². The maximum atomic E-state index is 3.77. The van der Waals surface area contributed by atoms with Gasteiger partial charge in [0.15, 0.2) is 0 Å². The standard InChI is InChI=1S/C15H14/c1-3-7-14-12(4-2)10-11-13-8-5-6-9-15(13)14/h3-11H,1H2,2H3/b12-4-,14-7+. The Labute approximate surface area is 89.9 Å². The molecule has 0 heteroatoms. The van der Waals surface area contributed by atoms with Crippen LogP contribution in [-0.4, -0.2) is 0 Å². The summed E-state index contributed by atoms with van der Waals surface area (Å²) >= 11 is 0. The van der Waals surface area contributed by atoms with Gasteiger partial charge in [0.1, 0.15) is 0 Å². The number of allylic oxidation sites excluding steroid dienone is 1. The smallest absolute Gasteiger partial charge is 0.0106 e.